The van der Waals surface area contributed by atoms with Gasteiger partial charge in [-0.15, -0.1) is 0 Å². The number of nitrogens with zero attached hydrogens (tertiary/aromatic N) is 1. The van der Waals surface area contributed by atoms with Gasteiger partial charge in [0.2, 0.25) is 5.91 Å². The van der Waals surface area contributed by atoms with Crippen molar-refractivity contribution in [3.63, 3.8) is 0 Å². The first kappa shape index (κ1) is 14.5. The molecule has 1 aliphatic rings. The lowest BCUT2D eigenvalue weighted by Gasteiger charge is -2.13. The summed E-state index contributed by atoms with van der Waals surface area (Å²) in [6, 6.07) is 6.08. The maximum Gasteiger partial charge on any atom is 0.237 e. The van der Waals surface area contributed by atoms with Crippen molar-refractivity contribution in [3.05, 3.63) is 29.3 Å². The number of hydrogen-bond acceptors (Lipinski definition) is 4. The number of amides is 1. The third kappa shape index (κ3) is 4.01. The maximum absolute atomic E-state index is 12.2. The molecule has 0 saturated heterocycles. The second-order valence-corrected chi connectivity index (χ2v) is 7.24. The maximum atomic E-state index is 12.2. The molecule has 0 aromatic heterocycles. The summed E-state index contributed by atoms with van der Waals surface area (Å²) in [4.78, 5) is 16.5. The van der Waals surface area contributed by atoms with Crippen LogP contribution in [0.5, 0.6) is 0 Å². The Balaban J connectivity index is 1.97. The van der Waals surface area contributed by atoms with Crippen LogP contribution in [-0.2, 0) is 4.79 Å². The van der Waals surface area contributed by atoms with Crippen LogP contribution in [0.1, 0.15) is 18.1 Å². The van der Waals surface area contributed by atoms with Crippen molar-refractivity contribution < 1.29 is 4.79 Å². The van der Waals surface area contributed by atoms with Gasteiger partial charge in [0.25, 0.3) is 0 Å². The smallest absolute Gasteiger partial charge is 0.237 e. The van der Waals surface area contributed by atoms with Gasteiger partial charge in [0, 0.05) is 11.4 Å². The van der Waals surface area contributed by atoms with Crippen LogP contribution in [0.4, 0.5) is 5.69 Å². The number of rotatable bonds is 3. The quantitative estimate of drug-likeness (QED) is 0.928. The fourth-order valence-electron chi connectivity index (χ4n) is 1.70. The molecule has 0 radical (unpaired) electrons. The highest BCUT2D eigenvalue weighted by molar-refractivity contribution is 8.39. The summed E-state index contributed by atoms with van der Waals surface area (Å²) in [6.45, 7) is 6.83. The standard InChI is InChI=1S/C14H18N2OS2/c1-9-4-5-10(2)12(8-9)16-13(17)11(3)19-14-15-6-7-18-14/h4-5,8,11H,6-7H2,1-3H3,(H,16,17). The van der Waals surface area contributed by atoms with E-state index in [1.54, 1.807) is 23.5 Å². The van der Waals surface area contributed by atoms with Gasteiger partial charge in [-0.1, -0.05) is 35.7 Å². The normalized spacial score (nSPS) is 16.1. The SMILES string of the molecule is Cc1ccc(C)c(NC(=O)C(C)SC2=NCCS2)c1. The summed E-state index contributed by atoms with van der Waals surface area (Å²) < 4.78 is 1.03. The minimum Gasteiger partial charge on any atom is -0.325 e. The summed E-state index contributed by atoms with van der Waals surface area (Å²) in [5, 5.41) is 2.88. The van der Waals surface area contributed by atoms with Crippen LogP contribution in [-0.4, -0.2) is 27.8 Å². The molecule has 0 fully saturated rings. The zero-order valence-corrected chi connectivity index (χ0v) is 13.0. The average Bonchev–Trinajstić information content (AvgIpc) is 2.86. The Hall–Kier alpha value is -0.940. The molecular formula is C14H18N2OS2. The highest BCUT2D eigenvalue weighted by atomic mass is 32.2. The first-order valence-electron chi connectivity index (χ1n) is 6.28. The topological polar surface area (TPSA) is 41.5 Å². The Morgan fingerprint density at radius 1 is 1.47 bits per heavy atom. The van der Waals surface area contributed by atoms with Crippen LogP contribution in [0, 0.1) is 13.8 Å². The molecule has 19 heavy (non-hydrogen) atoms. The fourth-order valence-corrected chi connectivity index (χ4v) is 3.83. The number of benzene rings is 1. The van der Waals surface area contributed by atoms with Gasteiger partial charge in [0.15, 0.2) is 0 Å². The number of nitrogens with one attached hydrogen (secondary N) is 1. The van der Waals surface area contributed by atoms with E-state index in [1.165, 1.54) is 0 Å². The van der Waals surface area contributed by atoms with Gasteiger partial charge in [-0.2, -0.15) is 0 Å². The molecule has 1 atom stereocenters. The van der Waals surface area contributed by atoms with E-state index in [4.69, 9.17) is 0 Å². The van der Waals surface area contributed by atoms with Crippen LogP contribution in [0.3, 0.4) is 0 Å². The fraction of sp³-hybridized carbons (Fsp3) is 0.429. The van der Waals surface area contributed by atoms with Crippen molar-refractivity contribution in [3.8, 4) is 0 Å². The molecule has 3 nitrogen and oxygen atoms in total. The molecule has 1 aromatic carbocycles. The molecule has 5 heteroatoms. The van der Waals surface area contributed by atoms with Crippen molar-refractivity contribution in [2.24, 2.45) is 4.99 Å². The Bertz CT molecular complexity index is 514. The number of aliphatic imine (C=N–C) groups is 1. The lowest BCUT2D eigenvalue weighted by Crippen LogP contribution is -2.23. The van der Waals surface area contributed by atoms with Crippen LogP contribution in [0.25, 0.3) is 0 Å². The lowest BCUT2D eigenvalue weighted by molar-refractivity contribution is -0.115. The monoisotopic (exact) mass is 294 g/mol. The molecule has 0 aliphatic carbocycles. The minimum absolute atomic E-state index is 0.0360. The van der Waals surface area contributed by atoms with Crippen LogP contribution < -0.4 is 5.32 Å². The van der Waals surface area contributed by atoms with Gasteiger partial charge in [0.1, 0.15) is 4.38 Å². The number of carbonyl (C=O) groups excluding carboxylic acids is 1. The van der Waals surface area contributed by atoms with Crippen LogP contribution in [0.2, 0.25) is 0 Å². The number of thioether (sulfide) groups is 2. The molecular weight excluding hydrogens is 276 g/mol. The Morgan fingerprint density at radius 3 is 2.95 bits per heavy atom. The van der Waals surface area contributed by atoms with E-state index in [0.717, 1.165) is 33.5 Å². The molecule has 1 unspecified atom stereocenters. The van der Waals surface area contributed by atoms with E-state index in [0.29, 0.717) is 0 Å². The van der Waals surface area contributed by atoms with Crippen molar-refractivity contribution in [1.82, 2.24) is 0 Å². The van der Waals surface area contributed by atoms with E-state index in [2.05, 4.69) is 10.3 Å². The summed E-state index contributed by atoms with van der Waals surface area (Å²) in [7, 11) is 0. The van der Waals surface area contributed by atoms with E-state index >= 15 is 0 Å². The molecule has 2 rings (SSSR count). The minimum atomic E-state index is -0.121. The molecule has 1 aromatic rings. The molecule has 1 amide bonds. The van der Waals surface area contributed by atoms with E-state index in [9.17, 15) is 4.79 Å². The zero-order valence-electron chi connectivity index (χ0n) is 11.4. The van der Waals surface area contributed by atoms with Crippen molar-refractivity contribution in [2.75, 3.05) is 17.6 Å². The van der Waals surface area contributed by atoms with Gasteiger partial charge in [-0.05, 0) is 38.0 Å². The second kappa shape index (κ2) is 6.48. The molecule has 0 spiro atoms. The predicted molar refractivity (Wildman–Crippen MR) is 86.4 cm³/mol. The Kier molecular flexibility index (Phi) is 4.93. The first-order chi connectivity index (χ1) is 9.06. The molecule has 1 aliphatic heterocycles. The summed E-state index contributed by atoms with van der Waals surface area (Å²) in [6.07, 6.45) is 0. The average molecular weight is 294 g/mol. The van der Waals surface area contributed by atoms with E-state index < -0.39 is 0 Å². The lowest BCUT2D eigenvalue weighted by atomic mass is 10.1. The molecule has 1 N–H and O–H groups in total. The van der Waals surface area contributed by atoms with Crippen molar-refractivity contribution >= 4 is 39.5 Å². The largest absolute Gasteiger partial charge is 0.325 e. The third-order valence-electron chi connectivity index (χ3n) is 2.86. The third-order valence-corrected chi connectivity index (χ3v) is 5.16. The van der Waals surface area contributed by atoms with E-state index in [-0.39, 0.29) is 11.2 Å². The van der Waals surface area contributed by atoms with Crippen LogP contribution >= 0.6 is 23.5 Å². The molecule has 0 bridgehead atoms. The highest BCUT2D eigenvalue weighted by Crippen LogP contribution is 2.26. The van der Waals surface area contributed by atoms with Gasteiger partial charge in [-0.25, -0.2) is 0 Å². The Morgan fingerprint density at radius 2 is 2.26 bits per heavy atom. The van der Waals surface area contributed by atoms with Crippen molar-refractivity contribution in [2.45, 2.75) is 26.0 Å². The van der Waals surface area contributed by atoms with Crippen molar-refractivity contribution in [1.29, 1.82) is 0 Å². The molecule has 1 heterocycles. The van der Waals surface area contributed by atoms with Crippen LogP contribution in [0.15, 0.2) is 23.2 Å². The molecule has 0 saturated carbocycles. The summed E-state index contributed by atoms with van der Waals surface area (Å²) in [5.41, 5.74) is 3.14. The number of aryl methyl sites for hydroxylation is 2. The van der Waals surface area contributed by atoms with Gasteiger partial charge in [0.05, 0.1) is 11.8 Å². The first-order valence-corrected chi connectivity index (χ1v) is 8.15. The molecule has 102 valence electrons. The number of anilines is 1. The second-order valence-electron chi connectivity index (χ2n) is 4.56. The zero-order chi connectivity index (χ0) is 13.8. The van der Waals surface area contributed by atoms with Gasteiger partial charge >= 0.3 is 0 Å². The summed E-state index contributed by atoms with van der Waals surface area (Å²) in [5.74, 6) is 1.07. The number of carbonyl (C=O) groups is 1. The number of hydrogen-bond donors (Lipinski definition) is 1. The highest BCUT2D eigenvalue weighted by Gasteiger charge is 2.19. The predicted octanol–water partition coefficient (Wildman–Crippen LogP) is 3.47. The Labute approximate surface area is 122 Å². The van der Waals surface area contributed by atoms with Gasteiger partial charge < -0.3 is 5.32 Å². The van der Waals surface area contributed by atoms with E-state index in [1.807, 2.05) is 39.0 Å². The van der Waals surface area contributed by atoms with Gasteiger partial charge in [-0.3, -0.25) is 9.79 Å². The summed E-state index contributed by atoms with van der Waals surface area (Å²) >= 11 is 3.28.